The van der Waals surface area contributed by atoms with Crippen LogP contribution in [-0.4, -0.2) is 30.9 Å². The molecule has 0 fully saturated rings. The van der Waals surface area contributed by atoms with Crippen LogP contribution < -0.4 is 15.4 Å². The minimum atomic E-state index is -0.300. The Hall–Kier alpha value is -1.75. The third-order valence-electron chi connectivity index (χ3n) is 2.06. The van der Waals surface area contributed by atoms with Crippen LogP contribution in [0.3, 0.4) is 0 Å². The second-order valence-electron chi connectivity index (χ2n) is 3.39. The Bertz CT molecular complexity index is 355. The van der Waals surface area contributed by atoms with Crippen LogP contribution in [0.25, 0.3) is 0 Å². The molecule has 0 unspecified atom stereocenters. The van der Waals surface area contributed by atoms with Gasteiger partial charge in [0.1, 0.15) is 5.75 Å². The molecular weight excluding hydrogens is 220 g/mol. The van der Waals surface area contributed by atoms with E-state index in [2.05, 4.69) is 10.6 Å². The number of aliphatic hydroxyl groups excluding tert-OH is 1. The predicted octanol–water partition coefficient (Wildman–Crippen LogP) is 1.59. The second-order valence-corrected chi connectivity index (χ2v) is 3.39. The fourth-order valence-electron chi connectivity index (χ4n) is 1.30. The highest BCUT2D eigenvalue weighted by Gasteiger charge is 2.05. The summed E-state index contributed by atoms with van der Waals surface area (Å²) in [5, 5.41) is 13.9. The summed E-state index contributed by atoms with van der Waals surface area (Å²) in [6.07, 6.45) is 0.542. The largest absolute Gasteiger partial charge is 0.492 e. The molecule has 5 nitrogen and oxygen atoms in total. The number of aliphatic hydroxyl groups is 1. The first kappa shape index (κ1) is 13.3. The third kappa shape index (κ3) is 4.74. The molecule has 0 aliphatic heterocycles. The van der Waals surface area contributed by atoms with Crippen molar-refractivity contribution in [2.24, 2.45) is 0 Å². The van der Waals surface area contributed by atoms with Crippen LogP contribution in [0.1, 0.15) is 13.3 Å². The minimum absolute atomic E-state index is 0.0653. The molecule has 3 N–H and O–H groups in total. The number of para-hydroxylation sites is 2. The standard InChI is InChI=1S/C12H18N2O3/c1-2-17-11-7-4-3-6-10(11)14-12(16)13-8-5-9-15/h3-4,6-7,15H,2,5,8-9H2,1H3,(H2,13,14,16). The van der Waals surface area contributed by atoms with E-state index < -0.39 is 0 Å². The number of anilines is 1. The highest BCUT2D eigenvalue weighted by molar-refractivity contribution is 5.90. The lowest BCUT2D eigenvalue weighted by Crippen LogP contribution is -2.30. The number of carbonyl (C=O) groups is 1. The van der Waals surface area contributed by atoms with Crippen molar-refractivity contribution >= 4 is 11.7 Å². The fraction of sp³-hybridized carbons (Fsp3) is 0.417. The predicted molar refractivity (Wildman–Crippen MR) is 66.3 cm³/mol. The van der Waals surface area contributed by atoms with E-state index in [0.29, 0.717) is 31.0 Å². The highest BCUT2D eigenvalue weighted by Crippen LogP contribution is 2.23. The monoisotopic (exact) mass is 238 g/mol. The molecule has 0 atom stereocenters. The Balaban J connectivity index is 2.52. The number of rotatable bonds is 6. The van der Waals surface area contributed by atoms with Crippen molar-refractivity contribution in [2.75, 3.05) is 25.1 Å². The Morgan fingerprint density at radius 3 is 2.88 bits per heavy atom. The molecule has 0 radical (unpaired) electrons. The van der Waals surface area contributed by atoms with Crippen LogP contribution in [0.4, 0.5) is 10.5 Å². The van der Waals surface area contributed by atoms with Crippen LogP contribution >= 0.6 is 0 Å². The SMILES string of the molecule is CCOc1ccccc1NC(=O)NCCCO. The zero-order valence-corrected chi connectivity index (χ0v) is 9.90. The van der Waals surface area contributed by atoms with Crippen molar-refractivity contribution < 1.29 is 14.6 Å². The average Bonchev–Trinajstić information content (AvgIpc) is 2.32. The molecule has 0 spiro atoms. The number of hydrogen-bond acceptors (Lipinski definition) is 3. The molecule has 0 bridgehead atoms. The van der Waals surface area contributed by atoms with Crippen LogP contribution in [0.15, 0.2) is 24.3 Å². The van der Waals surface area contributed by atoms with Crippen LogP contribution in [0.5, 0.6) is 5.75 Å². The summed E-state index contributed by atoms with van der Waals surface area (Å²) in [6.45, 7) is 2.94. The number of hydrogen-bond donors (Lipinski definition) is 3. The number of urea groups is 1. The summed E-state index contributed by atoms with van der Waals surface area (Å²) in [4.78, 5) is 11.5. The van der Waals surface area contributed by atoms with Gasteiger partial charge in [-0.25, -0.2) is 4.79 Å². The first-order valence-corrected chi connectivity index (χ1v) is 5.65. The van der Waals surface area contributed by atoms with Crippen molar-refractivity contribution in [3.63, 3.8) is 0 Å². The van der Waals surface area contributed by atoms with Gasteiger partial charge >= 0.3 is 6.03 Å². The molecule has 1 rings (SSSR count). The molecule has 0 aromatic heterocycles. The normalized spacial score (nSPS) is 9.76. The topological polar surface area (TPSA) is 70.6 Å². The molecule has 94 valence electrons. The quantitative estimate of drug-likeness (QED) is 0.659. The van der Waals surface area contributed by atoms with Gasteiger partial charge in [0, 0.05) is 13.2 Å². The van der Waals surface area contributed by atoms with Crippen LogP contribution in [-0.2, 0) is 0 Å². The van der Waals surface area contributed by atoms with Gasteiger partial charge in [0.15, 0.2) is 0 Å². The molecule has 5 heteroatoms. The molecule has 0 saturated carbocycles. The maximum atomic E-state index is 11.5. The third-order valence-corrected chi connectivity index (χ3v) is 2.06. The van der Waals surface area contributed by atoms with Gasteiger partial charge in [0.2, 0.25) is 0 Å². The molecule has 0 heterocycles. The summed E-state index contributed by atoms with van der Waals surface area (Å²) < 4.78 is 5.38. The van der Waals surface area contributed by atoms with E-state index in [1.165, 1.54) is 0 Å². The molecule has 17 heavy (non-hydrogen) atoms. The van der Waals surface area contributed by atoms with Gasteiger partial charge in [-0.2, -0.15) is 0 Å². The van der Waals surface area contributed by atoms with Gasteiger partial charge in [-0.1, -0.05) is 12.1 Å². The van der Waals surface area contributed by atoms with Gasteiger partial charge < -0.3 is 20.5 Å². The summed E-state index contributed by atoms with van der Waals surface area (Å²) >= 11 is 0. The summed E-state index contributed by atoms with van der Waals surface area (Å²) in [7, 11) is 0. The number of benzene rings is 1. The van der Waals surface area contributed by atoms with Crippen molar-refractivity contribution in [1.82, 2.24) is 5.32 Å². The summed E-state index contributed by atoms with van der Waals surface area (Å²) in [5.41, 5.74) is 0.635. The molecular formula is C12H18N2O3. The van der Waals surface area contributed by atoms with Crippen molar-refractivity contribution in [1.29, 1.82) is 0 Å². The van der Waals surface area contributed by atoms with E-state index >= 15 is 0 Å². The lowest BCUT2D eigenvalue weighted by molar-refractivity contribution is 0.248. The summed E-state index contributed by atoms with van der Waals surface area (Å²) in [6, 6.07) is 6.94. The Morgan fingerprint density at radius 2 is 2.18 bits per heavy atom. The zero-order valence-electron chi connectivity index (χ0n) is 9.90. The number of nitrogens with one attached hydrogen (secondary N) is 2. The summed E-state index contributed by atoms with van der Waals surface area (Å²) in [5.74, 6) is 0.646. The molecule has 1 aromatic carbocycles. The first-order valence-electron chi connectivity index (χ1n) is 5.65. The van der Waals surface area contributed by atoms with Crippen molar-refractivity contribution in [3.8, 4) is 5.75 Å². The first-order chi connectivity index (χ1) is 8.27. The maximum absolute atomic E-state index is 11.5. The number of carbonyl (C=O) groups excluding carboxylic acids is 1. The van der Waals surface area contributed by atoms with Crippen LogP contribution in [0, 0.1) is 0 Å². The highest BCUT2D eigenvalue weighted by atomic mass is 16.5. The van der Waals surface area contributed by atoms with Gasteiger partial charge in [-0.15, -0.1) is 0 Å². The molecule has 0 saturated heterocycles. The van der Waals surface area contributed by atoms with Crippen LogP contribution in [0.2, 0.25) is 0 Å². The lowest BCUT2D eigenvalue weighted by Gasteiger charge is -2.11. The van der Waals surface area contributed by atoms with Gasteiger partial charge in [0.05, 0.1) is 12.3 Å². The van der Waals surface area contributed by atoms with Gasteiger partial charge in [0.25, 0.3) is 0 Å². The smallest absolute Gasteiger partial charge is 0.319 e. The molecule has 0 aliphatic rings. The fourth-order valence-corrected chi connectivity index (χ4v) is 1.30. The van der Waals surface area contributed by atoms with E-state index in [1.807, 2.05) is 19.1 Å². The Labute approximate surface area is 101 Å². The van der Waals surface area contributed by atoms with E-state index in [4.69, 9.17) is 9.84 Å². The second kappa shape index (κ2) is 7.51. The number of amides is 2. The van der Waals surface area contributed by atoms with Crippen molar-refractivity contribution in [3.05, 3.63) is 24.3 Å². The zero-order chi connectivity index (χ0) is 12.5. The molecule has 0 aliphatic carbocycles. The van der Waals surface area contributed by atoms with Crippen molar-refractivity contribution in [2.45, 2.75) is 13.3 Å². The average molecular weight is 238 g/mol. The van der Waals surface area contributed by atoms with E-state index in [9.17, 15) is 4.79 Å². The molecule has 2 amide bonds. The van der Waals surface area contributed by atoms with Gasteiger partial charge in [-0.3, -0.25) is 0 Å². The maximum Gasteiger partial charge on any atom is 0.319 e. The van der Waals surface area contributed by atoms with E-state index in [0.717, 1.165) is 0 Å². The van der Waals surface area contributed by atoms with Gasteiger partial charge in [-0.05, 0) is 25.5 Å². The lowest BCUT2D eigenvalue weighted by atomic mass is 10.3. The van der Waals surface area contributed by atoms with E-state index in [-0.39, 0.29) is 12.6 Å². The number of ether oxygens (including phenoxy) is 1. The Kier molecular flexibility index (Phi) is 5.88. The Morgan fingerprint density at radius 1 is 1.41 bits per heavy atom. The van der Waals surface area contributed by atoms with E-state index in [1.54, 1.807) is 12.1 Å². The molecule has 1 aromatic rings. The minimum Gasteiger partial charge on any atom is -0.492 e.